The standard InChI is InChI=1S/C29H24BrNO4/c1-3-35-27(33)22-17-24(19-10-5-4-6-11-19)29(26(22)20-12-9-13-21(30)16-20)23-14-7-8-15-25(23)31(18(2)32)28(29)34/h4-17,24,26H,3H2,1-2H3. The van der Waals surface area contributed by atoms with Crippen LogP contribution >= 0.6 is 15.9 Å². The lowest BCUT2D eigenvalue weighted by atomic mass is 9.62. The van der Waals surface area contributed by atoms with Gasteiger partial charge in [0.1, 0.15) is 0 Å². The molecule has 5 nitrogen and oxygen atoms in total. The van der Waals surface area contributed by atoms with E-state index in [1.807, 2.05) is 78.9 Å². The van der Waals surface area contributed by atoms with Crippen LogP contribution in [-0.2, 0) is 24.5 Å². The second-order valence-electron chi connectivity index (χ2n) is 8.76. The van der Waals surface area contributed by atoms with E-state index < -0.39 is 23.2 Å². The van der Waals surface area contributed by atoms with Gasteiger partial charge >= 0.3 is 5.97 Å². The quantitative estimate of drug-likeness (QED) is 0.409. The van der Waals surface area contributed by atoms with Crippen LogP contribution in [0.25, 0.3) is 0 Å². The molecule has 0 radical (unpaired) electrons. The first-order valence-corrected chi connectivity index (χ1v) is 12.3. The highest BCUT2D eigenvalue weighted by Crippen LogP contribution is 2.63. The maximum absolute atomic E-state index is 14.5. The number of para-hydroxylation sites is 1. The number of hydrogen-bond donors (Lipinski definition) is 0. The first-order valence-electron chi connectivity index (χ1n) is 11.5. The molecule has 3 aromatic carbocycles. The summed E-state index contributed by atoms with van der Waals surface area (Å²) in [5.74, 6) is -2.28. The summed E-state index contributed by atoms with van der Waals surface area (Å²) >= 11 is 3.55. The highest BCUT2D eigenvalue weighted by Gasteiger charge is 2.65. The number of benzene rings is 3. The number of halogens is 1. The van der Waals surface area contributed by atoms with Crippen LogP contribution in [0.1, 0.15) is 42.4 Å². The van der Waals surface area contributed by atoms with Crippen LogP contribution in [0.3, 0.4) is 0 Å². The number of imide groups is 1. The zero-order valence-corrected chi connectivity index (χ0v) is 21.0. The lowest BCUT2D eigenvalue weighted by molar-refractivity contribution is -0.138. The molecule has 176 valence electrons. The third-order valence-corrected chi connectivity index (χ3v) is 7.41. The Bertz CT molecular complexity index is 1370. The summed E-state index contributed by atoms with van der Waals surface area (Å²) in [5, 5.41) is 0. The van der Waals surface area contributed by atoms with Crippen LogP contribution in [0.5, 0.6) is 0 Å². The summed E-state index contributed by atoms with van der Waals surface area (Å²) in [4.78, 5) is 42.0. The van der Waals surface area contributed by atoms with Gasteiger partial charge in [0.15, 0.2) is 0 Å². The molecule has 3 unspecified atom stereocenters. The summed E-state index contributed by atoms with van der Waals surface area (Å²) in [6, 6.07) is 24.7. The smallest absolute Gasteiger partial charge is 0.334 e. The average molecular weight is 530 g/mol. The lowest BCUT2D eigenvalue weighted by Crippen LogP contribution is -2.48. The van der Waals surface area contributed by atoms with Crippen molar-refractivity contribution in [1.82, 2.24) is 0 Å². The molecule has 35 heavy (non-hydrogen) atoms. The lowest BCUT2D eigenvalue weighted by Gasteiger charge is -2.37. The fraction of sp³-hybridized carbons (Fsp3) is 0.207. The maximum atomic E-state index is 14.5. The largest absolute Gasteiger partial charge is 0.463 e. The zero-order chi connectivity index (χ0) is 24.7. The van der Waals surface area contributed by atoms with Crippen LogP contribution in [0.2, 0.25) is 0 Å². The highest BCUT2D eigenvalue weighted by atomic mass is 79.9. The number of carbonyl (C=O) groups is 3. The SMILES string of the molecule is CCOC(=O)C1=CC(c2ccccc2)C2(C(=O)N(C(C)=O)c3ccccc32)C1c1cccc(Br)c1. The van der Waals surface area contributed by atoms with Crippen molar-refractivity contribution in [3.8, 4) is 0 Å². The summed E-state index contributed by atoms with van der Waals surface area (Å²) in [6.45, 7) is 3.38. The molecule has 1 aliphatic carbocycles. The average Bonchev–Trinajstić information content (AvgIpc) is 3.34. The van der Waals surface area contributed by atoms with Crippen molar-refractivity contribution in [1.29, 1.82) is 0 Å². The monoisotopic (exact) mass is 529 g/mol. The van der Waals surface area contributed by atoms with E-state index in [0.717, 1.165) is 21.2 Å². The number of nitrogens with zero attached hydrogens (tertiary/aromatic N) is 1. The number of amides is 2. The van der Waals surface area contributed by atoms with Gasteiger partial charge in [-0.2, -0.15) is 0 Å². The zero-order valence-electron chi connectivity index (χ0n) is 19.4. The van der Waals surface area contributed by atoms with E-state index in [1.54, 1.807) is 13.0 Å². The Hall–Kier alpha value is -3.51. The topological polar surface area (TPSA) is 63.7 Å². The number of rotatable bonds is 4. The Morgan fingerprint density at radius 1 is 0.971 bits per heavy atom. The van der Waals surface area contributed by atoms with Gasteiger partial charge in [-0.05, 0) is 41.8 Å². The highest BCUT2D eigenvalue weighted by molar-refractivity contribution is 9.10. The van der Waals surface area contributed by atoms with Crippen LogP contribution in [0.4, 0.5) is 5.69 Å². The number of ether oxygens (including phenoxy) is 1. The van der Waals surface area contributed by atoms with E-state index in [1.165, 1.54) is 11.8 Å². The summed E-state index contributed by atoms with van der Waals surface area (Å²) in [6.07, 6.45) is 1.87. The molecule has 1 aliphatic heterocycles. The fourth-order valence-electron chi connectivity index (χ4n) is 5.70. The number of esters is 1. The van der Waals surface area contributed by atoms with Crippen molar-refractivity contribution in [2.75, 3.05) is 11.5 Å². The van der Waals surface area contributed by atoms with Crippen LogP contribution in [0, 0.1) is 0 Å². The van der Waals surface area contributed by atoms with Crippen molar-refractivity contribution in [3.63, 3.8) is 0 Å². The molecule has 0 aromatic heterocycles. The first kappa shape index (κ1) is 23.2. The van der Waals surface area contributed by atoms with Gasteiger partial charge < -0.3 is 4.74 Å². The van der Waals surface area contributed by atoms with Gasteiger partial charge in [-0.1, -0.05) is 82.7 Å². The molecule has 0 fully saturated rings. The minimum absolute atomic E-state index is 0.217. The number of allylic oxidation sites excluding steroid dienone is 1. The second-order valence-corrected chi connectivity index (χ2v) is 9.68. The molecule has 3 atom stereocenters. The van der Waals surface area contributed by atoms with Crippen LogP contribution < -0.4 is 4.90 Å². The Labute approximate surface area is 212 Å². The van der Waals surface area contributed by atoms with Crippen molar-refractivity contribution in [2.45, 2.75) is 31.1 Å². The van der Waals surface area contributed by atoms with Gasteiger partial charge in [0.25, 0.3) is 0 Å². The first-order chi connectivity index (χ1) is 16.9. The Kier molecular flexibility index (Phi) is 5.93. The van der Waals surface area contributed by atoms with E-state index >= 15 is 0 Å². The predicted molar refractivity (Wildman–Crippen MR) is 137 cm³/mol. The van der Waals surface area contributed by atoms with Crippen molar-refractivity contribution < 1.29 is 19.1 Å². The summed E-state index contributed by atoms with van der Waals surface area (Å²) in [5.41, 5.74) is 2.17. The Morgan fingerprint density at radius 3 is 2.34 bits per heavy atom. The molecule has 5 rings (SSSR count). The summed E-state index contributed by atoms with van der Waals surface area (Å²) < 4.78 is 6.31. The van der Waals surface area contributed by atoms with E-state index in [0.29, 0.717) is 11.3 Å². The molecule has 0 N–H and O–H groups in total. The number of anilines is 1. The molecular formula is C29H24BrNO4. The van der Waals surface area contributed by atoms with E-state index in [9.17, 15) is 14.4 Å². The molecular weight excluding hydrogens is 506 g/mol. The van der Waals surface area contributed by atoms with E-state index in [4.69, 9.17) is 4.74 Å². The van der Waals surface area contributed by atoms with Gasteiger partial charge in [-0.15, -0.1) is 0 Å². The molecule has 3 aromatic rings. The number of fused-ring (bicyclic) bond motifs is 2. The van der Waals surface area contributed by atoms with Gasteiger partial charge in [-0.25, -0.2) is 9.69 Å². The molecule has 2 amide bonds. The van der Waals surface area contributed by atoms with Crippen LogP contribution in [0.15, 0.2) is 95.0 Å². The molecule has 6 heteroatoms. The molecule has 1 spiro atoms. The number of carbonyl (C=O) groups excluding carboxylic acids is 3. The number of hydrogen-bond acceptors (Lipinski definition) is 4. The van der Waals surface area contributed by atoms with E-state index in [-0.39, 0.29) is 18.4 Å². The van der Waals surface area contributed by atoms with Gasteiger partial charge in [-0.3, -0.25) is 9.59 Å². The predicted octanol–water partition coefficient (Wildman–Crippen LogP) is 5.65. The molecule has 0 saturated heterocycles. The minimum Gasteiger partial charge on any atom is -0.463 e. The van der Waals surface area contributed by atoms with Crippen molar-refractivity contribution in [3.05, 3.63) is 112 Å². The van der Waals surface area contributed by atoms with Crippen molar-refractivity contribution in [2.24, 2.45) is 0 Å². The Balaban J connectivity index is 1.87. The third kappa shape index (κ3) is 3.47. The minimum atomic E-state index is -1.23. The molecule has 0 bridgehead atoms. The van der Waals surface area contributed by atoms with E-state index in [2.05, 4.69) is 15.9 Å². The molecule has 0 saturated carbocycles. The van der Waals surface area contributed by atoms with Crippen LogP contribution in [-0.4, -0.2) is 24.4 Å². The third-order valence-electron chi connectivity index (χ3n) is 6.92. The maximum Gasteiger partial charge on any atom is 0.334 e. The normalized spacial score (nSPS) is 22.8. The molecule has 2 aliphatic rings. The molecule has 1 heterocycles. The van der Waals surface area contributed by atoms with Gasteiger partial charge in [0.05, 0.1) is 17.7 Å². The fourth-order valence-corrected chi connectivity index (χ4v) is 6.12. The second kappa shape index (κ2) is 8.93. The Morgan fingerprint density at radius 2 is 1.66 bits per heavy atom. The van der Waals surface area contributed by atoms with Gasteiger partial charge in [0, 0.05) is 28.8 Å². The van der Waals surface area contributed by atoms with Crippen molar-refractivity contribution >= 4 is 39.4 Å². The van der Waals surface area contributed by atoms with Gasteiger partial charge in [0.2, 0.25) is 11.8 Å². The summed E-state index contributed by atoms with van der Waals surface area (Å²) in [7, 11) is 0.